The van der Waals surface area contributed by atoms with E-state index in [2.05, 4.69) is 14.8 Å². The number of nitrogens with zero attached hydrogens (tertiary/aromatic N) is 2. The Balaban J connectivity index is 2.50. The molecule has 0 aliphatic heterocycles. The summed E-state index contributed by atoms with van der Waals surface area (Å²) in [6, 6.07) is 0. The lowest BCUT2D eigenvalue weighted by atomic mass is 10.2. The van der Waals surface area contributed by atoms with Gasteiger partial charge in [-0.2, -0.15) is 5.10 Å². The molecule has 2 heterocycles. The number of aromatic carboxylic acids is 1. The molecule has 0 aromatic carbocycles. The summed E-state index contributed by atoms with van der Waals surface area (Å²) in [7, 11) is -2.21. The van der Waals surface area contributed by atoms with Crippen molar-refractivity contribution in [3.8, 4) is 0 Å². The summed E-state index contributed by atoms with van der Waals surface area (Å²) in [5.41, 5.74) is 1.21. The highest BCUT2D eigenvalue weighted by atomic mass is 32.2. The quantitative estimate of drug-likeness (QED) is 0.783. The van der Waals surface area contributed by atoms with E-state index in [9.17, 15) is 13.2 Å². The summed E-state index contributed by atoms with van der Waals surface area (Å²) in [5.74, 6) is -1.20. The van der Waals surface area contributed by atoms with Crippen LogP contribution >= 0.6 is 0 Å². The molecule has 2 rings (SSSR count). The van der Waals surface area contributed by atoms with Gasteiger partial charge >= 0.3 is 5.97 Å². The third kappa shape index (κ3) is 2.64. The van der Waals surface area contributed by atoms with E-state index in [4.69, 9.17) is 5.11 Å². The van der Waals surface area contributed by atoms with Gasteiger partial charge < -0.3 is 10.1 Å². The number of anilines is 1. The van der Waals surface area contributed by atoms with Crippen molar-refractivity contribution in [3.63, 3.8) is 0 Å². The standard InChI is InChI=1S/C12H16N4O4S/c1-6-10(12(17)18)13-8(3)11(6)21(19,20)15-9-5-16(4)14-7(9)2/h5,13,15H,1-4H3,(H,17,18). The van der Waals surface area contributed by atoms with E-state index in [0.717, 1.165) is 0 Å². The smallest absolute Gasteiger partial charge is 0.352 e. The molecule has 0 aliphatic carbocycles. The van der Waals surface area contributed by atoms with Gasteiger partial charge in [-0.05, 0) is 20.8 Å². The van der Waals surface area contributed by atoms with Crippen LogP contribution in [0.5, 0.6) is 0 Å². The van der Waals surface area contributed by atoms with Crippen molar-refractivity contribution in [2.45, 2.75) is 25.7 Å². The van der Waals surface area contributed by atoms with Crippen LogP contribution in [0.2, 0.25) is 0 Å². The van der Waals surface area contributed by atoms with E-state index in [0.29, 0.717) is 11.4 Å². The van der Waals surface area contributed by atoms with Gasteiger partial charge in [-0.3, -0.25) is 9.40 Å². The number of H-pyrrole nitrogens is 1. The van der Waals surface area contributed by atoms with Crippen molar-refractivity contribution in [1.82, 2.24) is 14.8 Å². The highest BCUT2D eigenvalue weighted by Gasteiger charge is 2.27. The molecule has 3 N–H and O–H groups in total. The molecule has 0 saturated carbocycles. The molecule has 0 radical (unpaired) electrons. The van der Waals surface area contributed by atoms with Crippen molar-refractivity contribution in [3.05, 3.63) is 28.8 Å². The Bertz CT molecular complexity index is 817. The Morgan fingerprint density at radius 3 is 2.43 bits per heavy atom. The first-order chi connectivity index (χ1) is 9.63. The molecule has 114 valence electrons. The maximum absolute atomic E-state index is 12.5. The molecule has 9 heteroatoms. The van der Waals surface area contributed by atoms with Gasteiger partial charge in [0.1, 0.15) is 10.6 Å². The van der Waals surface area contributed by atoms with Gasteiger partial charge in [-0.25, -0.2) is 13.2 Å². The number of carbonyl (C=O) groups is 1. The van der Waals surface area contributed by atoms with Crippen LogP contribution in [-0.4, -0.2) is 34.3 Å². The van der Waals surface area contributed by atoms with E-state index < -0.39 is 16.0 Å². The van der Waals surface area contributed by atoms with Gasteiger partial charge in [0.15, 0.2) is 0 Å². The number of hydrogen-bond acceptors (Lipinski definition) is 4. The van der Waals surface area contributed by atoms with Gasteiger partial charge in [0.25, 0.3) is 10.0 Å². The molecule has 0 atom stereocenters. The van der Waals surface area contributed by atoms with Crippen LogP contribution in [0.15, 0.2) is 11.1 Å². The SMILES string of the molecule is Cc1nn(C)cc1NS(=O)(=O)c1c(C)[nH]c(C(=O)O)c1C. The zero-order valence-electron chi connectivity index (χ0n) is 12.1. The molecular formula is C12H16N4O4S. The highest BCUT2D eigenvalue weighted by molar-refractivity contribution is 7.92. The Labute approximate surface area is 121 Å². The average molecular weight is 312 g/mol. The lowest BCUT2D eigenvalue weighted by molar-refractivity contribution is 0.0690. The fourth-order valence-electron chi connectivity index (χ4n) is 2.25. The highest BCUT2D eigenvalue weighted by Crippen LogP contribution is 2.26. The first kappa shape index (κ1) is 15.1. The summed E-state index contributed by atoms with van der Waals surface area (Å²) in [4.78, 5) is 13.6. The van der Waals surface area contributed by atoms with Crippen LogP contribution < -0.4 is 4.72 Å². The predicted molar refractivity (Wildman–Crippen MR) is 76.0 cm³/mol. The number of aromatic nitrogens is 3. The first-order valence-corrected chi connectivity index (χ1v) is 7.57. The second-order valence-electron chi connectivity index (χ2n) is 4.79. The van der Waals surface area contributed by atoms with Gasteiger partial charge in [0.2, 0.25) is 0 Å². The minimum absolute atomic E-state index is 0.0526. The summed E-state index contributed by atoms with van der Waals surface area (Å²) < 4.78 is 28.9. The van der Waals surface area contributed by atoms with Gasteiger partial charge in [-0.1, -0.05) is 0 Å². The molecule has 0 spiro atoms. The fraction of sp³-hybridized carbons (Fsp3) is 0.333. The zero-order chi connectivity index (χ0) is 15.9. The van der Waals surface area contributed by atoms with Crippen molar-refractivity contribution >= 4 is 21.7 Å². The third-order valence-electron chi connectivity index (χ3n) is 3.11. The van der Waals surface area contributed by atoms with Crippen LogP contribution in [0.4, 0.5) is 5.69 Å². The minimum Gasteiger partial charge on any atom is -0.477 e. The molecule has 8 nitrogen and oxygen atoms in total. The monoisotopic (exact) mass is 312 g/mol. The van der Waals surface area contributed by atoms with Crippen LogP contribution in [0.1, 0.15) is 27.4 Å². The number of aryl methyl sites for hydroxylation is 3. The molecular weight excluding hydrogens is 296 g/mol. The van der Waals surface area contributed by atoms with E-state index in [1.807, 2.05) is 0 Å². The summed E-state index contributed by atoms with van der Waals surface area (Å²) in [6.07, 6.45) is 1.54. The number of carboxylic acids is 1. The van der Waals surface area contributed by atoms with Gasteiger partial charge in [0.05, 0.1) is 11.4 Å². The number of nitrogens with one attached hydrogen (secondary N) is 2. The number of carboxylic acid groups (broad SMARTS) is 1. The van der Waals surface area contributed by atoms with Crippen molar-refractivity contribution < 1.29 is 18.3 Å². The predicted octanol–water partition coefficient (Wildman–Crippen LogP) is 1.17. The summed E-state index contributed by atoms with van der Waals surface area (Å²) in [5, 5.41) is 13.1. The van der Waals surface area contributed by atoms with E-state index in [1.54, 1.807) is 20.2 Å². The van der Waals surface area contributed by atoms with Crippen LogP contribution in [0, 0.1) is 20.8 Å². The molecule has 0 amide bonds. The molecule has 0 unspecified atom stereocenters. The molecule has 2 aromatic rings. The second-order valence-corrected chi connectivity index (χ2v) is 6.41. The second kappa shape index (κ2) is 4.92. The Morgan fingerprint density at radius 1 is 1.38 bits per heavy atom. The Hall–Kier alpha value is -2.29. The van der Waals surface area contributed by atoms with Crippen molar-refractivity contribution in [2.75, 3.05) is 4.72 Å². The van der Waals surface area contributed by atoms with Gasteiger partial charge in [0, 0.05) is 24.5 Å². The largest absolute Gasteiger partial charge is 0.477 e. The maximum Gasteiger partial charge on any atom is 0.352 e. The lowest BCUT2D eigenvalue weighted by Crippen LogP contribution is -2.15. The summed E-state index contributed by atoms with van der Waals surface area (Å²) in [6.45, 7) is 4.65. The number of rotatable bonds is 4. The van der Waals surface area contributed by atoms with E-state index >= 15 is 0 Å². The molecule has 21 heavy (non-hydrogen) atoms. The molecule has 0 aliphatic rings. The number of hydrogen-bond donors (Lipinski definition) is 3. The molecule has 0 saturated heterocycles. The topological polar surface area (TPSA) is 117 Å². The zero-order valence-corrected chi connectivity index (χ0v) is 12.9. The maximum atomic E-state index is 12.5. The average Bonchev–Trinajstić information content (AvgIpc) is 2.79. The Morgan fingerprint density at radius 2 is 2.00 bits per heavy atom. The number of sulfonamides is 1. The van der Waals surface area contributed by atoms with E-state index in [-0.39, 0.29) is 21.8 Å². The van der Waals surface area contributed by atoms with Crippen molar-refractivity contribution in [2.24, 2.45) is 7.05 Å². The molecule has 0 fully saturated rings. The lowest BCUT2D eigenvalue weighted by Gasteiger charge is -2.07. The number of aromatic amines is 1. The van der Waals surface area contributed by atoms with Crippen LogP contribution in [-0.2, 0) is 17.1 Å². The van der Waals surface area contributed by atoms with Crippen LogP contribution in [0.25, 0.3) is 0 Å². The molecule has 0 bridgehead atoms. The fourth-order valence-corrected chi connectivity index (χ4v) is 3.80. The minimum atomic E-state index is -3.89. The van der Waals surface area contributed by atoms with Crippen LogP contribution in [0.3, 0.4) is 0 Å². The third-order valence-corrected chi connectivity index (χ3v) is 4.75. The normalized spacial score (nSPS) is 11.6. The molecule has 2 aromatic heterocycles. The summed E-state index contributed by atoms with van der Waals surface area (Å²) >= 11 is 0. The van der Waals surface area contributed by atoms with Gasteiger partial charge in [-0.15, -0.1) is 0 Å². The Kier molecular flexibility index (Phi) is 3.54. The van der Waals surface area contributed by atoms with E-state index in [1.165, 1.54) is 18.5 Å². The van der Waals surface area contributed by atoms with Crippen molar-refractivity contribution in [1.29, 1.82) is 0 Å². The first-order valence-electron chi connectivity index (χ1n) is 6.09.